The SMILES string of the molecule is CC1CCC(C)N(C(C)(CN)C2(C)CC2)C1. The van der Waals surface area contributed by atoms with Crippen molar-refractivity contribution in [3.8, 4) is 0 Å². The number of hydrogen-bond donors (Lipinski definition) is 1. The molecule has 1 saturated carbocycles. The third-order valence-electron chi connectivity index (χ3n) is 5.45. The van der Waals surface area contributed by atoms with E-state index in [-0.39, 0.29) is 5.54 Å². The lowest BCUT2D eigenvalue weighted by atomic mass is 9.78. The summed E-state index contributed by atoms with van der Waals surface area (Å²) >= 11 is 0. The summed E-state index contributed by atoms with van der Waals surface area (Å²) < 4.78 is 0. The summed E-state index contributed by atoms with van der Waals surface area (Å²) in [6.07, 6.45) is 5.44. The maximum Gasteiger partial charge on any atom is 0.0359 e. The molecule has 2 fully saturated rings. The Morgan fingerprint density at radius 1 is 1.31 bits per heavy atom. The molecule has 94 valence electrons. The van der Waals surface area contributed by atoms with Crippen LogP contribution in [0.1, 0.15) is 53.4 Å². The Morgan fingerprint density at radius 2 is 1.94 bits per heavy atom. The van der Waals surface area contributed by atoms with E-state index in [2.05, 4.69) is 32.6 Å². The minimum absolute atomic E-state index is 0.223. The molecule has 1 aliphatic heterocycles. The van der Waals surface area contributed by atoms with Crippen molar-refractivity contribution in [3.05, 3.63) is 0 Å². The molecule has 2 aliphatic rings. The van der Waals surface area contributed by atoms with E-state index in [0.717, 1.165) is 12.5 Å². The van der Waals surface area contributed by atoms with Gasteiger partial charge in [-0.2, -0.15) is 0 Å². The fourth-order valence-corrected chi connectivity index (χ4v) is 3.41. The molecule has 2 rings (SSSR count). The Labute approximate surface area is 101 Å². The van der Waals surface area contributed by atoms with Crippen molar-refractivity contribution in [2.24, 2.45) is 17.1 Å². The quantitative estimate of drug-likeness (QED) is 0.798. The number of likely N-dealkylation sites (tertiary alicyclic amines) is 1. The third-order valence-corrected chi connectivity index (χ3v) is 5.45. The molecule has 16 heavy (non-hydrogen) atoms. The Bertz CT molecular complexity index is 259. The molecule has 0 aromatic carbocycles. The molecule has 2 N–H and O–H groups in total. The van der Waals surface area contributed by atoms with Crippen LogP contribution in [-0.2, 0) is 0 Å². The van der Waals surface area contributed by atoms with Crippen molar-refractivity contribution >= 4 is 0 Å². The van der Waals surface area contributed by atoms with Gasteiger partial charge in [0.1, 0.15) is 0 Å². The Hall–Kier alpha value is -0.0800. The lowest BCUT2D eigenvalue weighted by molar-refractivity contribution is -0.0199. The first-order valence-electron chi connectivity index (χ1n) is 6.90. The first kappa shape index (κ1) is 12.4. The molecule has 1 aliphatic carbocycles. The second kappa shape index (κ2) is 3.99. The second-order valence-electron chi connectivity index (χ2n) is 6.72. The predicted octanol–water partition coefficient (Wildman–Crippen LogP) is 2.62. The number of nitrogens with zero attached hydrogens (tertiary/aromatic N) is 1. The van der Waals surface area contributed by atoms with Crippen LogP contribution in [0.2, 0.25) is 0 Å². The van der Waals surface area contributed by atoms with Crippen LogP contribution in [0.15, 0.2) is 0 Å². The molecule has 1 saturated heterocycles. The summed E-state index contributed by atoms with van der Waals surface area (Å²) in [5.41, 5.74) is 6.83. The van der Waals surface area contributed by atoms with Crippen molar-refractivity contribution in [1.29, 1.82) is 0 Å². The monoisotopic (exact) mass is 224 g/mol. The number of rotatable bonds is 3. The van der Waals surface area contributed by atoms with Gasteiger partial charge in [0.2, 0.25) is 0 Å². The molecule has 2 heteroatoms. The van der Waals surface area contributed by atoms with E-state index in [0.29, 0.717) is 11.5 Å². The van der Waals surface area contributed by atoms with E-state index in [4.69, 9.17) is 5.73 Å². The third kappa shape index (κ3) is 1.80. The van der Waals surface area contributed by atoms with Gasteiger partial charge in [-0.3, -0.25) is 4.90 Å². The normalized spacial score (nSPS) is 38.1. The van der Waals surface area contributed by atoms with Gasteiger partial charge < -0.3 is 5.73 Å². The van der Waals surface area contributed by atoms with Gasteiger partial charge in [-0.1, -0.05) is 13.8 Å². The van der Waals surface area contributed by atoms with Crippen molar-refractivity contribution in [1.82, 2.24) is 4.90 Å². The predicted molar refractivity (Wildman–Crippen MR) is 69.4 cm³/mol. The highest BCUT2D eigenvalue weighted by molar-refractivity contribution is 5.11. The molecular weight excluding hydrogens is 196 g/mol. The molecule has 0 amide bonds. The average molecular weight is 224 g/mol. The first-order chi connectivity index (χ1) is 7.43. The van der Waals surface area contributed by atoms with Gasteiger partial charge in [0.25, 0.3) is 0 Å². The number of hydrogen-bond acceptors (Lipinski definition) is 2. The van der Waals surface area contributed by atoms with Gasteiger partial charge in [0, 0.05) is 24.7 Å². The van der Waals surface area contributed by atoms with Crippen LogP contribution < -0.4 is 5.73 Å². The number of piperidine rings is 1. The largest absolute Gasteiger partial charge is 0.329 e. The fraction of sp³-hybridized carbons (Fsp3) is 1.00. The molecule has 0 spiro atoms. The van der Waals surface area contributed by atoms with E-state index < -0.39 is 0 Å². The summed E-state index contributed by atoms with van der Waals surface area (Å²) in [5.74, 6) is 0.837. The topological polar surface area (TPSA) is 29.3 Å². The highest BCUT2D eigenvalue weighted by atomic mass is 15.3. The van der Waals surface area contributed by atoms with Gasteiger partial charge in [-0.05, 0) is 50.9 Å². The smallest absolute Gasteiger partial charge is 0.0359 e. The highest BCUT2D eigenvalue weighted by Gasteiger charge is 2.56. The van der Waals surface area contributed by atoms with Crippen molar-refractivity contribution in [2.45, 2.75) is 65.0 Å². The first-order valence-corrected chi connectivity index (χ1v) is 6.90. The maximum absolute atomic E-state index is 6.13. The van der Waals surface area contributed by atoms with Crippen LogP contribution in [-0.4, -0.2) is 29.6 Å². The Morgan fingerprint density at radius 3 is 2.44 bits per heavy atom. The van der Waals surface area contributed by atoms with Gasteiger partial charge in [0.15, 0.2) is 0 Å². The molecule has 0 aromatic rings. The molecule has 2 nitrogen and oxygen atoms in total. The van der Waals surface area contributed by atoms with E-state index in [9.17, 15) is 0 Å². The van der Waals surface area contributed by atoms with Crippen LogP contribution in [0, 0.1) is 11.3 Å². The van der Waals surface area contributed by atoms with Gasteiger partial charge in [-0.25, -0.2) is 0 Å². The zero-order valence-corrected chi connectivity index (χ0v) is 11.4. The average Bonchev–Trinajstić information content (AvgIpc) is 3.00. The molecule has 1 heterocycles. The molecular formula is C14H28N2. The molecule has 3 atom stereocenters. The van der Waals surface area contributed by atoms with Crippen LogP contribution in [0.5, 0.6) is 0 Å². The van der Waals surface area contributed by atoms with Crippen LogP contribution in [0.3, 0.4) is 0 Å². The molecule has 3 unspecified atom stereocenters. The Balaban J connectivity index is 2.19. The van der Waals surface area contributed by atoms with Gasteiger partial charge in [0.05, 0.1) is 0 Å². The summed E-state index contributed by atoms with van der Waals surface area (Å²) in [7, 11) is 0. The summed E-state index contributed by atoms with van der Waals surface area (Å²) in [5, 5.41) is 0. The van der Waals surface area contributed by atoms with E-state index in [1.807, 2.05) is 0 Å². The minimum atomic E-state index is 0.223. The summed E-state index contributed by atoms with van der Waals surface area (Å²) in [6.45, 7) is 11.6. The van der Waals surface area contributed by atoms with Crippen LogP contribution in [0.4, 0.5) is 0 Å². The number of nitrogens with two attached hydrogens (primary N) is 1. The van der Waals surface area contributed by atoms with Crippen LogP contribution >= 0.6 is 0 Å². The highest BCUT2D eigenvalue weighted by Crippen LogP contribution is 2.56. The summed E-state index contributed by atoms with van der Waals surface area (Å²) in [4.78, 5) is 2.72. The molecule has 0 bridgehead atoms. The standard InChI is InChI=1S/C14H28N2/c1-11-5-6-12(2)16(9-11)14(4,10-15)13(3)7-8-13/h11-12H,5-10,15H2,1-4H3. The maximum atomic E-state index is 6.13. The second-order valence-corrected chi connectivity index (χ2v) is 6.72. The lowest BCUT2D eigenvalue weighted by Gasteiger charge is -2.52. The zero-order chi connectivity index (χ0) is 12.0. The fourth-order valence-electron chi connectivity index (χ4n) is 3.41. The van der Waals surface area contributed by atoms with E-state index >= 15 is 0 Å². The van der Waals surface area contributed by atoms with Crippen molar-refractivity contribution in [2.75, 3.05) is 13.1 Å². The van der Waals surface area contributed by atoms with Crippen molar-refractivity contribution < 1.29 is 0 Å². The van der Waals surface area contributed by atoms with Crippen LogP contribution in [0.25, 0.3) is 0 Å². The van der Waals surface area contributed by atoms with Gasteiger partial charge >= 0.3 is 0 Å². The van der Waals surface area contributed by atoms with Gasteiger partial charge in [-0.15, -0.1) is 0 Å². The Kier molecular flexibility index (Phi) is 3.09. The minimum Gasteiger partial charge on any atom is -0.329 e. The summed E-state index contributed by atoms with van der Waals surface area (Å²) in [6, 6.07) is 0.710. The van der Waals surface area contributed by atoms with E-state index in [1.54, 1.807) is 0 Å². The van der Waals surface area contributed by atoms with Crippen molar-refractivity contribution in [3.63, 3.8) is 0 Å². The molecule has 0 aromatic heterocycles. The zero-order valence-electron chi connectivity index (χ0n) is 11.4. The van der Waals surface area contributed by atoms with E-state index in [1.165, 1.54) is 32.2 Å². The molecule has 0 radical (unpaired) electrons. The lowest BCUT2D eigenvalue weighted by Crippen LogP contribution is -2.62.